The lowest BCUT2D eigenvalue weighted by Gasteiger charge is -2.07. The Morgan fingerprint density at radius 1 is 0.903 bits per heavy atom. The smallest absolute Gasteiger partial charge is 0.121 e. The molecule has 0 unspecified atom stereocenters. The third-order valence-electron chi connectivity index (χ3n) is 4.96. The standard InChI is InChI=1S/C26H21N2O2S/c1-2-4-20(5-3-1)18-30-24-11-8-22-16-25(31-26(22)17-24)21-6-9-23(10-7-21)29-15-14-28-13-12-27-19-28/h1-13,17,19H,14-15,18H2. The van der Waals surface area contributed by atoms with Crippen LogP contribution in [-0.4, -0.2) is 16.2 Å². The number of hydrogen-bond donors (Lipinski definition) is 0. The fourth-order valence-corrected chi connectivity index (χ4v) is 4.34. The van der Waals surface area contributed by atoms with Crippen molar-refractivity contribution in [2.24, 2.45) is 0 Å². The van der Waals surface area contributed by atoms with Crippen LogP contribution in [0.4, 0.5) is 0 Å². The Morgan fingerprint density at radius 2 is 1.74 bits per heavy atom. The van der Waals surface area contributed by atoms with Crippen molar-refractivity contribution < 1.29 is 9.47 Å². The van der Waals surface area contributed by atoms with Gasteiger partial charge in [0.15, 0.2) is 0 Å². The minimum atomic E-state index is 0.566. The minimum Gasteiger partial charge on any atom is -0.492 e. The van der Waals surface area contributed by atoms with Crippen molar-refractivity contribution in [1.82, 2.24) is 9.55 Å². The molecule has 31 heavy (non-hydrogen) atoms. The van der Waals surface area contributed by atoms with Crippen LogP contribution in [0.1, 0.15) is 5.56 Å². The summed E-state index contributed by atoms with van der Waals surface area (Å²) in [5.74, 6) is 1.74. The summed E-state index contributed by atoms with van der Waals surface area (Å²) < 4.78 is 15.0. The molecule has 5 rings (SSSR count). The molecule has 153 valence electrons. The molecule has 3 aromatic carbocycles. The number of nitrogens with zero attached hydrogens (tertiary/aromatic N) is 2. The van der Waals surface area contributed by atoms with Crippen LogP contribution in [-0.2, 0) is 13.2 Å². The maximum Gasteiger partial charge on any atom is 0.121 e. The summed E-state index contributed by atoms with van der Waals surface area (Å²) in [6.45, 7) is 1.95. The summed E-state index contributed by atoms with van der Waals surface area (Å²) in [5.41, 5.74) is 2.29. The first-order valence-electron chi connectivity index (χ1n) is 10.1. The average Bonchev–Trinajstić information content (AvgIpc) is 3.48. The highest BCUT2D eigenvalue weighted by molar-refractivity contribution is 7.22. The molecular formula is C26H21N2O2S. The highest BCUT2D eigenvalue weighted by atomic mass is 32.1. The van der Waals surface area contributed by atoms with E-state index in [0.717, 1.165) is 39.4 Å². The van der Waals surface area contributed by atoms with Gasteiger partial charge in [-0.3, -0.25) is 0 Å². The molecule has 2 heterocycles. The maximum atomic E-state index is 5.97. The van der Waals surface area contributed by atoms with Gasteiger partial charge >= 0.3 is 0 Å². The van der Waals surface area contributed by atoms with E-state index < -0.39 is 0 Å². The molecule has 2 aromatic heterocycles. The van der Waals surface area contributed by atoms with E-state index in [0.29, 0.717) is 13.2 Å². The van der Waals surface area contributed by atoms with Gasteiger partial charge in [-0.15, -0.1) is 11.3 Å². The number of rotatable bonds is 8. The van der Waals surface area contributed by atoms with Crippen molar-refractivity contribution in [2.45, 2.75) is 13.2 Å². The largest absolute Gasteiger partial charge is 0.492 e. The Morgan fingerprint density at radius 3 is 2.55 bits per heavy atom. The van der Waals surface area contributed by atoms with E-state index in [4.69, 9.17) is 9.47 Å². The van der Waals surface area contributed by atoms with E-state index in [1.807, 2.05) is 47.2 Å². The summed E-state index contributed by atoms with van der Waals surface area (Å²) in [4.78, 5) is 5.15. The van der Waals surface area contributed by atoms with Gasteiger partial charge in [0.1, 0.15) is 24.7 Å². The highest BCUT2D eigenvalue weighted by Gasteiger charge is 2.07. The number of thiophene rings is 1. The van der Waals surface area contributed by atoms with Gasteiger partial charge in [0.05, 0.1) is 12.9 Å². The van der Waals surface area contributed by atoms with Crippen LogP contribution >= 0.6 is 11.3 Å². The zero-order chi connectivity index (χ0) is 20.9. The maximum absolute atomic E-state index is 5.97. The van der Waals surface area contributed by atoms with Gasteiger partial charge in [-0.2, -0.15) is 0 Å². The molecule has 0 aliphatic heterocycles. The summed E-state index contributed by atoms with van der Waals surface area (Å²) in [6.07, 6.45) is 5.50. The number of ether oxygens (including phenoxy) is 2. The number of fused-ring (bicyclic) bond motifs is 1. The number of aromatic nitrogens is 2. The molecule has 0 spiro atoms. The molecule has 0 saturated heterocycles. The topological polar surface area (TPSA) is 36.3 Å². The van der Waals surface area contributed by atoms with Crippen molar-refractivity contribution in [3.8, 4) is 21.9 Å². The van der Waals surface area contributed by atoms with Gasteiger partial charge in [-0.25, -0.2) is 4.98 Å². The highest BCUT2D eigenvalue weighted by Crippen LogP contribution is 2.35. The molecule has 0 amide bonds. The lowest BCUT2D eigenvalue weighted by Crippen LogP contribution is -2.06. The van der Waals surface area contributed by atoms with Crippen molar-refractivity contribution in [1.29, 1.82) is 0 Å². The lowest BCUT2D eigenvalue weighted by molar-refractivity contribution is 0.298. The van der Waals surface area contributed by atoms with E-state index in [2.05, 4.69) is 47.4 Å². The second-order valence-corrected chi connectivity index (χ2v) is 8.21. The monoisotopic (exact) mass is 425 g/mol. The van der Waals surface area contributed by atoms with Crippen LogP contribution in [0.15, 0.2) is 91.5 Å². The third kappa shape index (κ3) is 4.78. The molecule has 5 heteroatoms. The molecule has 5 aromatic rings. The van der Waals surface area contributed by atoms with E-state index in [1.54, 1.807) is 23.9 Å². The average molecular weight is 426 g/mol. The van der Waals surface area contributed by atoms with E-state index in [-0.39, 0.29) is 0 Å². The lowest BCUT2D eigenvalue weighted by atomic mass is 10.1. The molecule has 0 bridgehead atoms. The predicted octanol–water partition coefficient (Wildman–Crippen LogP) is 6.22. The van der Waals surface area contributed by atoms with Crippen molar-refractivity contribution in [3.05, 3.63) is 103 Å². The first kappa shape index (κ1) is 19.4. The van der Waals surface area contributed by atoms with Crippen molar-refractivity contribution >= 4 is 21.4 Å². The van der Waals surface area contributed by atoms with Crippen LogP contribution in [0, 0.1) is 6.07 Å². The molecule has 0 N–H and O–H groups in total. The van der Waals surface area contributed by atoms with Gasteiger partial charge < -0.3 is 14.0 Å². The Kier molecular flexibility index (Phi) is 5.67. The normalized spacial score (nSPS) is 11.0. The fraction of sp³-hybridized carbons (Fsp3) is 0.115. The zero-order valence-electron chi connectivity index (χ0n) is 16.9. The Labute approximate surface area is 185 Å². The first-order valence-corrected chi connectivity index (χ1v) is 11.0. The molecule has 0 aliphatic rings. The molecule has 0 fully saturated rings. The van der Waals surface area contributed by atoms with Gasteiger partial charge in [-0.05, 0) is 53.6 Å². The van der Waals surface area contributed by atoms with Crippen LogP contribution in [0.5, 0.6) is 11.5 Å². The van der Waals surface area contributed by atoms with Crippen LogP contribution in [0.3, 0.4) is 0 Å². The molecular weight excluding hydrogens is 404 g/mol. The summed E-state index contributed by atoms with van der Waals surface area (Å²) in [5, 5.41) is 1.10. The molecule has 0 aliphatic carbocycles. The Balaban J connectivity index is 1.24. The fourth-order valence-electron chi connectivity index (χ4n) is 3.30. The number of benzene rings is 3. The predicted molar refractivity (Wildman–Crippen MR) is 125 cm³/mol. The van der Waals surface area contributed by atoms with Gasteiger partial charge in [0.2, 0.25) is 0 Å². The second kappa shape index (κ2) is 9.06. The molecule has 1 radical (unpaired) electrons. The number of hydrogen-bond acceptors (Lipinski definition) is 4. The van der Waals surface area contributed by atoms with Crippen molar-refractivity contribution in [2.75, 3.05) is 6.61 Å². The van der Waals surface area contributed by atoms with Gasteiger partial charge in [-0.1, -0.05) is 30.3 Å². The third-order valence-corrected chi connectivity index (χ3v) is 6.06. The van der Waals surface area contributed by atoms with E-state index >= 15 is 0 Å². The summed E-state index contributed by atoms with van der Waals surface area (Å²) in [6, 6.07) is 28.1. The van der Waals surface area contributed by atoms with Crippen molar-refractivity contribution in [3.63, 3.8) is 0 Å². The summed E-state index contributed by atoms with van der Waals surface area (Å²) >= 11 is 1.72. The van der Waals surface area contributed by atoms with Crippen LogP contribution in [0.2, 0.25) is 0 Å². The molecule has 0 saturated carbocycles. The SMILES string of the molecule is [c]1c(-c2ccc(OCCn3ccnc3)cc2)sc2cc(OCc3ccccc3)ccc12. The van der Waals surface area contributed by atoms with Crippen LogP contribution in [0.25, 0.3) is 20.5 Å². The van der Waals surface area contributed by atoms with Crippen LogP contribution < -0.4 is 9.47 Å². The Hall–Kier alpha value is -3.57. The minimum absolute atomic E-state index is 0.566. The number of imidazole rings is 1. The zero-order valence-corrected chi connectivity index (χ0v) is 17.7. The first-order chi connectivity index (χ1) is 15.3. The molecule has 4 nitrogen and oxygen atoms in total. The molecule has 0 atom stereocenters. The second-order valence-electron chi connectivity index (χ2n) is 7.16. The Bertz CT molecular complexity index is 1250. The summed E-state index contributed by atoms with van der Waals surface area (Å²) in [7, 11) is 0. The quantitative estimate of drug-likeness (QED) is 0.296. The van der Waals surface area contributed by atoms with Gasteiger partial charge in [0, 0.05) is 33.4 Å². The van der Waals surface area contributed by atoms with E-state index in [9.17, 15) is 0 Å². The van der Waals surface area contributed by atoms with E-state index in [1.165, 1.54) is 4.70 Å². The van der Waals surface area contributed by atoms with Gasteiger partial charge in [0.25, 0.3) is 0 Å².